The van der Waals surface area contributed by atoms with Crippen LogP contribution < -0.4 is 20.1 Å². The fraction of sp³-hybridized carbons (Fsp3) is 0.632. The van der Waals surface area contributed by atoms with Crippen molar-refractivity contribution in [2.75, 3.05) is 51.5 Å². The van der Waals surface area contributed by atoms with Gasteiger partial charge in [-0.2, -0.15) is 0 Å². The molecule has 1 aromatic rings. The highest BCUT2D eigenvalue weighted by Gasteiger charge is 2.20. The summed E-state index contributed by atoms with van der Waals surface area (Å²) in [5, 5.41) is 6.18. The summed E-state index contributed by atoms with van der Waals surface area (Å²) in [7, 11) is 0.0312. The molecule has 2 rings (SSSR count). The van der Waals surface area contributed by atoms with Crippen molar-refractivity contribution in [1.29, 1.82) is 0 Å². The number of hydrogen-bond donors (Lipinski definition) is 3. The van der Waals surface area contributed by atoms with Gasteiger partial charge in [-0.15, -0.1) is 24.0 Å². The molecule has 1 aliphatic rings. The van der Waals surface area contributed by atoms with Crippen LogP contribution in [0.1, 0.15) is 25.7 Å². The number of methoxy groups -OCH3 is 1. The van der Waals surface area contributed by atoms with E-state index in [1.807, 2.05) is 24.3 Å². The summed E-state index contributed by atoms with van der Waals surface area (Å²) >= 11 is 0. The van der Waals surface area contributed by atoms with Crippen molar-refractivity contribution in [3.8, 4) is 5.75 Å². The first-order valence-corrected chi connectivity index (χ1v) is 11.3. The average Bonchev–Trinajstić information content (AvgIpc) is 2.63. The second-order valence-corrected chi connectivity index (χ2v) is 8.74. The highest BCUT2D eigenvalue weighted by atomic mass is 127. The zero-order valence-electron chi connectivity index (χ0n) is 17.1. The smallest absolute Gasteiger partial charge is 0.213 e. The maximum atomic E-state index is 12.1. The minimum atomic E-state index is -3.28. The fourth-order valence-corrected chi connectivity index (χ4v) is 3.70. The van der Waals surface area contributed by atoms with Crippen LogP contribution in [-0.4, -0.2) is 60.6 Å². The predicted molar refractivity (Wildman–Crippen MR) is 128 cm³/mol. The minimum absolute atomic E-state index is 0. The Morgan fingerprint density at radius 1 is 1.28 bits per heavy atom. The molecule has 0 aromatic heterocycles. The largest absolute Gasteiger partial charge is 0.493 e. The van der Waals surface area contributed by atoms with Crippen LogP contribution in [0.5, 0.6) is 5.75 Å². The van der Waals surface area contributed by atoms with Gasteiger partial charge in [0.2, 0.25) is 10.0 Å². The van der Waals surface area contributed by atoms with Gasteiger partial charge in [0.05, 0.1) is 12.4 Å². The van der Waals surface area contributed by atoms with Crippen LogP contribution in [0.4, 0.5) is 5.69 Å². The van der Waals surface area contributed by atoms with E-state index in [9.17, 15) is 8.42 Å². The number of nitrogens with one attached hydrogen (secondary N) is 3. The maximum absolute atomic E-state index is 12.1. The minimum Gasteiger partial charge on any atom is -0.493 e. The molecule has 0 radical (unpaired) electrons. The molecule has 1 aliphatic carbocycles. The van der Waals surface area contributed by atoms with E-state index in [1.54, 1.807) is 14.2 Å². The summed E-state index contributed by atoms with van der Waals surface area (Å²) < 4.78 is 37.5. The number of aliphatic imine (C=N–C) groups is 1. The van der Waals surface area contributed by atoms with Gasteiger partial charge in [-0.25, -0.2) is 13.1 Å². The van der Waals surface area contributed by atoms with Crippen molar-refractivity contribution in [2.24, 2.45) is 10.9 Å². The summed E-state index contributed by atoms with van der Waals surface area (Å²) in [5.41, 5.74) is 0.809. The first-order valence-electron chi connectivity index (χ1n) is 9.69. The Kier molecular flexibility index (Phi) is 12.5. The third kappa shape index (κ3) is 10.5. The molecule has 0 saturated heterocycles. The van der Waals surface area contributed by atoms with Gasteiger partial charge >= 0.3 is 0 Å². The summed E-state index contributed by atoms with van der Waals surface area (Å²) in [6, 6.07) is 7.53. The lowest BCUT2D eigenvalue weighted by molar-refractivity contribution is 0.172. The zero-order chi connectivity index (χ0) is 20.2. The molecule has 10 heteroatoms. The third-order valence-electron chi connectivity index (χ3n) is 4.56. The topological polar surface area (TPSA) is 101 Å². The molecule has 3 N–H and O–H groups in total. The zero-order valence-corrected chi connectivity index (χ0v) is 20.3. The molecule has 0 unspecified atom stereocenters. The van der Waals surface area contributed by atoms with Gasteiger partial charge in [0.25, 0.3) is 0 Å². The van der Waals surface area contributed by atoms with Crippen molar-refractivity contribution in [2.45, 2.75) is 25.7 Å². The Balaban J connectivity index is 0.00000420. The van der Waals surface area contributed by atoms with Crippen LogP contribution in [0.25, 0.3) is 0 Å². The van der Waals surface area contributed by atoms with Crippen LogP contribution in [0.2, 0.25) is 0 Å². The fourth-order valence-electron chi connectivity index (χ4n) is 2.69. The van der Waals surface area contributed by atoms with E-state index in [4.69, 9.17) is 9.47 Å². The Morgan fingerprint density at radius 2 is 2.07 bits per heavy atom. The Labute approximate surface area is 191 Å². The summed E-state index contributed by atoms with van der Waals surface area (Å²) in [5.74, 6) is 1.76. The van der Waals surface area contributed by atoms with Gasteiger partial charge in [0.15, 0.2) is 5.96 Å². The lowest BCUT2D eigenvalue weighted by atomic mass is 9.86. The number of rotatable bonds is 12. The third-order valence-corrected chi connectivity index (χ3v) is 5.91. The van der Waals surface area contributed by atoms with Crippen molar-refractivity contribution in [1.82, 2.24) is 10.0 Å². The van der Waals surface area contributed by atoms with Crippen LogP contribution >= 0.6 is 24.0 Å². The molecule has 0 heterocycles. The second-order valence-electron chi connectivity index (χ2n) is 6.81. The molecule has 1 aromatic carbocycles. The molecule has 0 atom stereocenters. The molecule has 1 saturated carbocycles. The van der Waals surface area contributed by atoms with Crippen molar-refractivity contribution >= 4 is 45.6 Å². The SMILES string of the molecule is CN=C(NCCS(=O)(=O)NCC1CCC1)Nc1cccc(OCCCOC)c1.I. The summed E-state index contributed by atoms with van der Waals surface area (Å²) in [4.78, 5) is 4.14. The predicted octanol–water partition coefficient (Wildman–Crippen LogP) is 2.43. The number of hydrogen-bond acceptors (Lipinski definition) is 5. The summed E-state index contributed by atoms with van der Waals surface area (Å²) in [6.07, 6.45) is 4.26. The standard InChI is InChI=1S/C19H32N4O4S.HI/c1-20-19(21-10-13-28(24,25)22-15-16-6-3-7-16)23-17-8-4-9-18(14-17)27-12-5-11-26-2;/h4,8-9,14,16,22H,3,5-7,10-13,15H2,1-2H3,(H2,20,21,23);1H. The van der Waals surface area contributed by atoms with Crippen LogP contribution in [0.15, 0.2) is 29.3 Å². The average molecular weight is 540 g/mol. The van der Waals surface area contributed by atoms with Gasteiger partial charge in [-0.05, 0) is 30.9 Å². The van der Waals surface area contributed by atoms with Crippen molar-refractivity contribution in [3.63, 3.8) is 0 Å². The molecular formula is C19H33IN4O4S. The monoisotopic (exact) mass is 540 g/mol. The van der Waals surface area contributed by atoms with Gasteiger partial charge in [0, 0.05) is 52.0 Å². The van der Waals surface area contributed by atoms with Crippen LogP contribution in [-0.2, 0) is 14.8 Å². The van der Waals surface area contributed by atoms with E-state index < -0.39 is 10.0 Å². The maximum Gasteiger partial charge on any atom is 0.213 e. The number of nitrogens with zero attached hydrogens (tertiary/aromatic N) is 1. The van der Waals surface area contributed by atoms with Crippen LogP contribution in [0.3, 0.4) is 0 Å². The number of ether oxygens (including phenoxy) is 2. The number of benzene rings is 1. The molecular weight excluding hydrogens is 507 g/mol. The van der Waals surface area contributed by atoms with E-state index in [0.29, 0.717) is 31.6 Å². The van der Waals surface area contributed by atoms with Gasteiger partial charge in [0.1, 0.15) is 5.75 Å². The molecule has 0 bridgehead atoms. The Morgan fingerprint density at radius 3 is 2.72 bits per heavy atom. The number of halogens is 1. The number of sulfonamides is 1. The molecule has 0 aliphatic heterocycles. The normalized spacial score (nSPS) is 14.6. The van der Waals surface area contributed by atoms with E-state index in [0.717, 1.165) is 30.7 Å². The quantitative estimate of drug-likeness (QED) is 0.163. The highest BCUT2D eigenvalue weighted by molar-refractivity contribution is 14.0. The van der Waals surface area contributed by atoms with E-state index in [-0.39, 0.29) is 36.3 Å². The molecule has 0 spiro atoms. The lowest BCUT2D eigenvalue weighted by Gasteiger charge is -2.25. The van der Waals surface area contributed by atoms with E-state index in [2.05, 4.69) is 20.3 Å². The highest BCUT2D eigenvalue weighted by Crippen LogP contribution is 2.25. The molecule has 166 valence electrons. The molecule has 0 amide bonds. The Hall–Kier alpha value is -1.11. The van der Waals surface area contributed by atoms with Gasteiger partial charge in [-0.1, -0.05) is 12.5 Å². The van der Waals surface area contributed by atoms with Gasteiger partial charge < -0.3 is 20.1 Å². The molecule has 29 heavy (non-hydrogen) atoms. The van der Waals surface area contributed by atoms with Crippen molar-refractivity contribution in [3.05, 3.63) is 24.3 Å². The molecule has 8 nitrogen and oxygen atoms in total. The van der Waals surface area contributed by atoms with Crippen molar-refractivity contribution < 1.29 is 17.9 Å². The Bertz CT molecular complexity index is 727. The lowest BCUT2D eigenvalue weighted by Crippen LogP contribution is -2.39. The second kappa shape index (κ2) is 14.0. The van der Waals surface area contributed by atoms with Gasteiger partial charge in [-0.3, -0.25) is 4.99 Å². The van der Waals surface area contributed by atoms with E-state index in [1.165, 1.54) is 6.42 Å². The van der Waals surface area contributed by atoms with E-state index >= 15 is 0 Å². The number of anilines is 1. The summed E-state index contributed by atoms with van der Waals surface area (Å²) in [6.45, 7) is 2.06. The first kappa shape index (κ1) is 25.9. The molecule has 1 fully saturated rings. The first-order chi connectivity index (χ1) is 13.5. The number of guanidine groups is 1. The van der Waals surface area contributed by atoms with Crippen LogP contribution in [0, 0.1) is 5.92 Å².